The number of nitrogens with one attached hydrogen (secondary N) is 2. The van der Waals surface area contributed by atoms with Crippen molar-refractivity contribution in [2.45, 2.75) is 31.4 Å². The van der Waals surface area contributed by atoms with E-state index in [9.17, 15) is 5.11 Å². The molecule has 0 saturated heterocycles. The molecule has 0 bridgehead atoms. The molecule has 0 aliphatic heterocycles. The minimum absolute atomic E-state index is 0. The number of aliphatic hydroxyl groups is 1. The summed E-state index contributed by atoms with van der Waals surface area (Å²) in [7, 11) is 3.75. The maximum Gasteiger partial charge on any atom is 0.193 e. The van der Waals surface area contributed by atoms with E-state index in [2.05, 4.69) is 15.3 Å². The Morgan fingerprint density at radius 2 is 2.32 bits per heavy atom. The van der Waals surface area contributed by atoms with Crippen LogP contribution in [0.25, 0.3) is 0 Å². The van der Waals surface area contributed by atoms with Gasteiger partial charge in [0, 0.05) is 32.5 Å². The van der Waals surface area contributed by atoms with Crippen molar-refractivity contribution in [3.05, 3.63) is 24.0 Å². The van der Waals surface area contributed by atoms with Gasteiger partial charge < -0.3 is 20.3 Å². The molecule has 0 amide bonds. The molecule has 1 aromatic rings. The van der Waals surface area contributed by atoms with Crippen LogP contribution in [0.3, 0.4) is 0 Å². The lowest BCUT2D eigenvalue weighted by Crippen LogP contribution is -2.50. The van der Waals surface area contributed by atoms with Crippen LogP contribution in [0.2, 0.25) is 0 Å². The van der Waals surface area contributed by atoms with E-state index in [1.54, 1.807) is 7.05 Å². The molecule has 0 atom stereocenters. The highest BCUT2D eigenvalue weighted by atomic mass is 127. The van der Waals surface area contributed by atoms with Gasteiger partial charge in [-0.2, -0.15) is 0 Å². The molecule has 19 heavy (non-hydrogen) atoms. The normalized spacial score (nSPS) is 17.3. The Bertz CT molecular complexity index is 401. The lowest BCUT2D eigenvalue weighted by molar-refractivity contribution is -0.0282. The summed E-state index contributed by atoms with van der Waals surface area (Å²) in [6.07, 6.45) is 4.81. The van der Waals surface area contributed by atoms with Gasteiger partial charge >= 0.3 is 0 Å². The van der Waals surface area contributed by atoms with Crippen molar-refractivity contribution in [2.24, 2.45) is 4.99 Å². The van der Waals surface area contributed by atoms with Crippen molar-refractivity contribution in [3.8, 4) is 0 Å². The molecule has 5 nitrogen and oxygen atoms in total. The van der Waals surface area contributed by atoms with Gasteiger partial charge in [0.05, 0.1) is 12.1 Å². The smallest absolute Gasteiger partial charge is 0.193 e. The van der Waals surface area contributed by atoms with Gasteiger partial charge in [0.25, 0.3) is 0 Å². The predicted octanol–water partition coefficient (Wildman–Crippen LogP) is 1.55. The van der Waals surface area contributed by atoms with Crippen molar-refractivity contribution < 1.29 is 5.11 Å². The Balaban J connectivity index is 0.00000180. The number of guanidine groups is 1. The summed E-state index contributed by atoms with van der Waals surface area (Å²) in [6.45, 7) is 1.35. The maximum absolute atomic E-state index is 10.1. The first kappa shape index (κ1) is 16.3. The van der Waals surface area contributed by atoms with Crippen LogP contribution in [-0.2, 0) is 6.54 Å². The number of aromatic amines is 1. The third-order valence-corrected chi connectivity index (χ3v) is 3.50. The molecule has 0 unspecified atom stereocenters. The topological polar surface area (TPSA) is 63.7 Å². The van der Waals surface area contributed by atoms with Crippen molar-refractivity contribution in [2.75, 3.05) is 20.6 Å². The molecular formula is C13H23IN4O. The van der Waals surface area contributed by atoms with Gasteiger partial charge in [0.15, 0.2) is 5.96 Å². The van der Waals surface area contributed by atoms with Crippen molar-refractivity contribution in [1.82, 2.24) is 15.2 Å². The van der Waals surface area contributed by atoms with E-state index in [0.29, 0.717) is 6.54 Å². The first-order valence-corrected chi connectivity index (χ1v) is 6.39. The monoisotopic (exact) mass is 378 g/mol. The summed E-state index contributed by atoms with van der Waals surface area (Å²) in [5, 5.41) is 13.3. The summed E-state index contributed by atoms with van der Waals surface area (Å²) in [5.74, 6) is 0.810. The molecular weight excluding hydrogens is 355 g/mol. The van der Waals surface area contributed by atoms with Crippen molar-refractivity contribution in [3.63, 3.8) is 0 Å². The van der Waals surface area contributed by atoms with E-state index < -0.39 is 5.60 Å². The zero-order chi connectivity index (χ0) is 13.0. The Labute approximate surface area is 131 Å². The van der Waals surface area contributed by atoms with Gasteiger partial charge in [-0.15, -0.1) is 24.0 Å². The van der Waals surface area contributed by atoms with Crippen LogP contribution in [0.1, 0.15) is 25.0 Å². The molecule has 1 saturated carbocycles. The molecule has 108 valence electrons. The molecule has 1 heterocycles. The van der Waals surface area contributed by atoms with Crippen LogP contribution in [0.5, 0.6) is 0 Å². The van der Waals surface area contributed by atoms with E-state index in [1.165, 1.54) is 0 Å². The van der Waals surface area contributed by atoms with Crippen LogP contribution in [-0.4, -0.2) is 47.2 Å². The Hall–Kier alpha value is -0.760. The summed E-state index contributed by atoms with van der Waals surface area (Å²) < 4.78 is 0. The third-order valence-electron chi connectivity index (χ3n) is 3.50. The molecule has 2 rings (SSSR count). The second-order valence-electron chi connectivity index (χ2n) is 5.03. The number of hydrogen-bond acceptors (Lipinski definition) is 2. The number of hydrogen-bond donors (Lipinski definition) is 3. The number of aliphatic imine (C=N–C) groups is 1. The number of rotatable bonds is 4. The number of aromatic nitrogens is 1. The van der Waals surface area contributed by atoms with E-state index >= 15 is 0 Å². The van der Waals surface area contributed by atoms with Crippen LogP contribution < -0.4 is 5.32 Å². The Morgan fingerprint density at radius 3 is 2.79 bits per heavy atom. The average molecular weight is 378 g/mol. The van der Waals surface area contributed by atoms with Crippen molar-refractivity contribution >= 4 is 29.9 Å². The molecule has 3 N–H and O–H groups in total. The summed E-state index contributed by atoms with van der Waals surface area (Å²) in [5.41, 5.74) is 0.617. The molecule has 0 spiro atoms. The maximum atomic E-state index is 10.1. The highest BCUT2D eigenvalue weighted by Gasteiger charge is 2.34. The minimum Gasteiger partial charge on any atom is -0.388 e. The largest absolute Gasteiger partial charge is 0.388 e. The number of nitrogens with zero attached hydrogens (tertiary/aromatic N) is 2. The number of H-pyrrole nitrogens is 1. The molecule has 1 aliphatic carbocycles. The second-order valence-corrected chi connectivity index (χ2v) is 5.03. The van der Waals surface area contributed by atoms with E-state index in [1.807, 2.05) is 30.3 Å². The molecule has 0 aromatic carbocycles. The summed E-state index contributed by atoms with van der Waals surface area (Å²) in [4.78, 5) is 9.44. The first-order valence-electron chi connectivity index (χ1n) is 6.39. The van der Waals surface area contributed by atoms with E-state index in [4.69, 9.17) is 0 Å². The molecule has 0 radical (unpaired) electrons. The predicted molar refractivity (Wildman–Crippen MR) is 87.8 cm³/mol. The first-order chi connectivity index (χ1) is 8.63. The second kappa shape index (κ2) is 7.14. The SMILES string of the molecule is CN=C(NCC1(O)CCC1)N(C)Cc1ccc[nH]1.I. The Kier molecular flexibility index (Phi) is 6.12. The molecule has 1 aromatic heterocycles. The molecule has 6 heteroatoms. The molecule has 1 fully saturated rings. The Morgan fingerprint density at radius 1 is 1.58 bits per heavy atom. The third kappa shape index (κ3) is 4.38. The van der Waals surface area contributed by atoms with E-state index in [0.717, 1.165) is 37.5 Å². The van der Waals surface area contributed by atoms with Crippen LogP contribution in [0.4, 0.5) is 0 Å². The quantitative estimate of drug-likeness (QED) is 0.423. The van der Waals surface area contributed by atoms with Gasteiger partial charge in [-0.1, -0.05) is 0 Å². The minimum atomic E-state index is -0.525. The fourth-order valence-corrected chi connectivity index (χ4v) is 2.19. The van der Waals surface area contributed by atoms with Gasteiger partial charge in [-0.05, 0) is 31.4 Å². The standard InChI is InChI=1S/C13H22N4O.HI/c1-14-12(16-10-13(18)6-4-7-13)17(2)9-11-5-3-8-15-11;/h3,5,8,15,18H,4,6-7,9-10H2,1-2H3,(H,14,16);1H. The summed E-state index contributed by atoms with van der Waals surface area (Å²) >= 11 is 0. The van der Waals surface area contributed by atoms with Crippen LogP contribution >= 0.6 is 24.0 Å². The number of halogens is 1. The zero-order valence-corrected chi connectivity index (χ0v) is 13.8. The molecule has 1 aliphatic rings. The average Bonchev–Trinajstić information content (AvgIpc) is 2.80. The van der Waals surface area contributed by atoms with Gasteiger partial charge in [-0.25, -0.2) is 0 Å². The van der Waals surface area contributed by atoms with Crippen LogP contribution in [0, 0.1) is 0 Å². The highest BCUT2D eigenvalue weighted by molar-refractivity contribution is 14.0. The zero-order valence-electron chi connectivity index (χ0n) is 11.5. The summed E-state index contributed by atoms with van der Waals surface area (Å²) in [6, 6.07) is 4.03. The van der Waals surface area contributed by atoms with Gasteiger partial charge in [0.1, 0.15) is 0 Å². The van der Waals surface area contributed by atoms with Crippen molar-refractivity contribution in [1.29, 1.82) is 0 Å². The fourth-order valence-electron chi connectivity index (χ4n) is 2.19. The van der Waals surface area contributed by atoms with E-state index in [-0.39, 0.29) is 24.0 Å². The highest BCUT2D eigenvalue weighted by Crippen LogP contribution is 2.30. The lowest BCUT2D eigenvalue weighted by Gasteiger charge is -2.37. The van der Waals surface area contributed by atoms with Gasteiger partial charge in [-0.3, -0.25) is 4.99 Å². The lowest BCUT2D eigenvalue weighted by atomic mass is 9.80. The van der Waals surface area contributed by atoms with Gasteiger partial charge in [0.2, 0.25) is 0 Å². The fraction of sp³-hybridized carbons (Fsp3) is 0.615. The van der Waals surface area contributed by atoms with Crippen LogP contribution in [0.15, 0.2) is 23.3 Å².